The minimum atomic E-state index is -0.502. The highest BCUT2D eigenvalue weighted by atomic mass is 16.6. The normalized spacial score (nSPS) is 16.0. The molecule has 0 aromatic heterocycles. The minimum Gasteiger partial charge on any atom is -0.508 e. The van der Waals surface area contributed by atoms with Gasteiger partial charge in [0.2, 0.25) is 0 Å². The van der Waals surface area contributed by atoms with Gasteiger partial charge in [0, 0.05) is 32.2 Å². The van der Waals surface area contributed by atoms with Gasteiger partial charge in [0.15, 0.2) is 0 Å². The number of aromatic hydroxyl groups is 2. The topological polar surface area (TPSA) is 73.2 Å². The molecule has 0 saturated carbocycles. The number of hydrogen-bond acceptors (Lipinski definition) is 5. The van der Waals surface area contributed by atoms with Crippen LogP contribution in [-0.4, -0.2) is 53.0 Å². The molecule has 1 aromatic rings. The van der Waals surface area contributed by atoms with E-state index in [1.807, 2.05) is 25.7 Å². The fourth-order valence-corrected chi connectivity index (χ4v) is 2.22. The number of hydrogen-bond donors (Lipinski definition) is 2. The van der Waals surface area contributed by atoms with Crippen molar-refractivity contribution >= 4 is 11.8 Å². The highest BCUT2D eigenvalue weighted by molar-refractivity contribution is 5.69. The van der Waals surface area contributed by atoms with Gasteiger partial charge in [-0.05, 0) is 32.9 Å². The summed E-state index contributed by atoms with van der Waals surface area (Å²) >= 11 is 0. The van der Waals surface area contributed by atoms with Gasteiger partial charge >= 0.3 is 6.09 Å². The van der Waals surface area contributed by atoms with Crippen LogP contribution in [0.25, 0.3) is 0 Å². The van der Waals surface area contributed by atoms with Gasteiger partial charge < -0.3 is 24.7 Å². The number of nitrogens with zero attached hydrogens (tertiary/aromatic N) is 2. The molecule has 1 saturated heterocycles. The van der Waals surface area contributed by atoms with Crippen molar-refractivity contribution in [2.75, 3.05) is 31.1 Å². The van der Waals surface area contributed by atoms with E-state index in [2.05, 4.69) is 0 Å². The fraction of sp³-hybridized carbons (Fsp3) is 0.533. The van der Waals surface area contributed by atoms with Gasteiger partial charge in [-0.3, -0.25) is 0 Å². The predicted octanol–water partition coefficient (Wildman–Crippen LogP) is 2.15. The molecule has 0 bridgehead atoms. The van der Waals surface area contributed by atoms with E-state index in [0.29, 0.717) is 31.9 Å². The summed E-state index contributed by atoms with van der Waals surface area (Å²) in [5, 5.41) is 19.4. The number of rotatable bonds is 1. The lowest BCUT2D eigenvalue weighted by Gasteiger charge is -2.36. The summed E-state index contributed by atoms with van der Waals surface area (Å²) in [7, 11) is 0. The molecule has 1 heterocycles. The van der Waals surface area contributed by atoms with Crippen LogP contribution in [0.3, 0.4) is 0 Å². The maximum atomic E-state index is 12.0. The van der Waals surface area contributed by atoms with Gasteiger partial charge in [-0.1, -0.05) is 0 Å². The van der Waals surface area contributed by atoms with Crippen LogP contribution in [0, 0.1) is 0 Å². The summed E-state index contributed by atoms with van der Waals surface area (Å²) in [6, 6.07) is 4.43. The standard InChI is InChI=1S/C15H22N2O4/c1-15(2,3)21-14(20)17-8-6-16(7-9-17)12-10-11(18)4-5-13(12)19/h4-5,10,18-19H,6-9H2,1-3H3. The van der Waals surface area contributed by atoms with Crippen LogP contribution in [0.15, 0.2) is 18.2 Å². The van der Waals surface area contributed by atoms with Crippen LogP contribution in [0.5, 0.6) is 11.5 Å². The Morgan fingerprint density at radius 3 is 2.33 bits per heavy atom. The molecule has 0 aliphatic carbocycles. The second-order valence-electron chi connectivity index (χ2n) is 6.13. The van der Waals surface area contributed by atoms with Crippen LogP contribution >= 0.6 is 0 Å². The Labute approximate surface area is 124 Å². The number of carbonyl (C=O) groups excluding carboxylic acids is 1. The average Bonchev–Trinajstić information content (AvgIpc) is 2.40. The van der Waals surface area contributed by atoms with Crippen molar-refractivity contribution in [1.82, 2.24) is 4.90 Å². The minimum absolute atomic E-state index is 0.109. The third-order valence-electron chi connectivity index (χ3n) is 3.23. The molecule has 6 heteroatoms. The van der Waals surface area contributed by atoms with Crippen LogP contribution in [0.2, 0.25) is 0 Å². The highest BCUT2D eigenvalue weighted by Gasteiger charge is 2.26. The molecule has 116 valence electrons. The number of piperazine rings is 1. The summed E-state index contributed by atoms with van der Waals surface area (Å²) in [4.78, 5) is 15.6. The number of phenols is 2. The van der Waals surface area contributed by atoms with E-state index in [-0.39, 0.29) is 17.6 Å². The molecule has 0 spiro atoms. The van der Waals surface area contributed by atoms with Gasteiger partial charge in [-0.25, -0.2) is 4.79 Å². The third-order valence-corrected chi connectivity index (χ3v) is 3.23. The van der Waals surface area contributed by atoms with Crippen molar-refractivity contribution in [3.05, 3.63) is 18.2 Å². The summed E-state index contributed by atoms with van der Waals surface area (Å²) in [6.07, 6.45) is -0.317. The lowest BCUT2D eigenvalue weighted by atomic mass is 10.2. The second-order valence-corrected chi connectivity index (χ2v) is 6.13. The molecule has 2 N–H and O–H groups in total. The Morgan fingerprint density at radius 2 is 1.76 bits per heavy atom. The Hall–Kier alpha value is -2.11. The molecule has 1 amide bonds. The highest BCUT2D eigenvalue weighted by Crippen LogP contribution is 2.31. The summed E-state index contributed by atoms with van der Waals surface area (Å²) < 4.78 is 5.34. The fourth-order valence-electron chi connectivity index (χ4n) is 2.22. The Balaban J connectivity index is 1.97. The summed E-state index contributed by atoms with van der Waals surface area (Å²) in [5.74, 6) is 0.232. The molecule has 1 fully saturated rings. The summed E-state index contributed by atoms with van der Waals surface area (Å²) in [6.45, 7) is 7.71. The van der Waals surface area contributed by atoms with Crippen molar-refractivity contribution in [3.8, 4) is 11.5 Å². The number of benzene rings is 1. The zero-order chi connectivity index (χ0) is 15.6. The average molecular weight is 294 g/mol. The van der Waals surface area contributed by atoms with Crippen LogP contribution in [0.4, 0.5) is 10.5 Å². The van der Waals surface area contributed by atoms with Crippen molar-refractivity contribution < 1.29 is 19.7 Å². The van der Waals surface area contributed by atoms with Gasteiger partial charge in [0.1, 0.15) is 17.1 Å². The van der Waals surface area contributed by atoms with Crippen LogP contribution in [-0.2, 0) is 4.74 Å². The predicted molar refractivity (Wildman–Crippen MR) is 79.8 cm³/mol. The number of carbonyl (C=O) groups is 1. The molecule has 1 aliphatic heterocycles. The van der Waals surface area contributed by atoms with E-state index in [0.717, 1.165) is 0 Å². The van der Waals surface area contributed by atoms with Crippen LogP contribution in [0.1, 0.15) is 20.8 Å². The Bertz CT molecular complexity index is 517. The van der Waals surface area contributed by atoms with Gasteiger partial charge in [0.25, 0.3) is 0 Å². The smallest absolute Gasteiger partial charge is 0.410 e. The number of amides is 1. The van der Waals surface area contributed by atoms with Crippen molar-refractivity contribution in [3.63, 3.8) is 0 Å². The monoisotopic (exact) mass is 294 g/mol. The number of ether oxygens (including phenoxy) is 1. The molecule has 1 aromatic carbocycles. The van der Waals surface area contributed by atoms with E-state index >= 15 is 0 Å². The SMILES string of the molecule is CC(C)(C)OC(=O)N1CCN(c2cc(O)ccc2O)CC1. The third kappa shape index (κ3) is 3.93. The van der Waals surface area contributed by atoms with E-state index in [1.165, 1.54) is 18.2 Å². The van der Waals surface area contributed by atoms with E-state index in [4.69, 9.17) is 4.74 Å². The van der Waals surface area contributed by atoms with Crippen molar-refractivity contribution in [2.24, 2.45) is 0 Å². The quantitative estimate of drug-likeness (QED) is 0.776. The van der Waals surface area contributed by atoms with E-state index < -0.39 is 5.60 Å². The zero-order valence-electron chi connectivity index (χ0n) is 12.7. The lowest BCUT2D eigenvalue weighted by Crippen LogP contribution is -2.50. The van der Waals surface area contributed by atoms with E-state index in [9.17, 15) is 15.0 Å². The first-order valence-electron chi connectivity index (χ1n) is 7.01. The second kappa shape index (κ2) is 5.71. The maximum Gasteiger partial charge on any atom is 0.410 e. The van der Waals surface area contributed by atoms with Gasteiger partial charge in [-0.2, -0.15) is 0 Å². The first-order chi connectivity index (χ1) is 9.76. The molecule has 0 atom stereocenters. The molecule has 0 unspecified atom stereocenters. The molecule has 6 nitrogen and oxygen atoms in total. The Morgan fingerprint density at radius 1 is 1.14 bits per heavy atom. The molecule has 2 rings (SSSR count). The number of phenolic OH excluding ortho intramolecular Hbond substituents is 2. The first kappa shape index (κ1) is 15.3. The molecular formula is C15H22N2O4. The maximum absolute atomic E-state index is 12.0. The molecule has 21 heavy (non-hydrogen) atoms. The van der Waals surface area contributed by atoms with Gasteiger partial charge in [-0.15, -0.1) is 0 Å². The molecule has 1 aliphatic rings. The molecular weight excluding hydrogens is 272 g/mol. The summed E-state index contributed by atoms with van der Waals surface area (Å²) in [5.41, 5.74) is 0.0800. The van der Waals surface area contributed by atoms with Crippen LogP contribution < -0.4 is 4.90 Å². The van der Waals surface area contributed by atoms with Crippen molar-refractivity contribution in [2.45, 2.75) is 26.4 Å². The van der Waals surface area contributed by atoms with E-state index in [1.54, 1.807) is 4.90 Å². The van der Waals surface area contributed by atoms with Gasteiger partial charge in [0.05, 0.1) is 5.69 Å². The largest absolute Gasteiger partial charge is 0.508 e. The zero-order valence-corrected chi connectivity index (χ0v) is 12.7. The first-order valence-corrected chi connectivity index (χ1v) is 7.01. The lowest BCUT2D eigenvalue weighted by molar-refractivity contribution is 0.0240. The molecule has 0 radical (unpaired) electrons. The Kier molecular flexibility index (Phi) is 4.16. The number of anilines is 1. The van der Waals surface area contributed by atoms with Crippen molar-refractivity contribution in [1.29, 1.82) is 0 Å².